The van der Waals surface area contributed by atoms with Crippen LogP contribution in [0.3, 0.4) is 0 Å². The summed E-state index contributed by atoms with van der Waals surface area (Å²) in [7, 11) is 0. The molecule has 0 aromatic carbocycles. The number of nitrogens with one attached hydrogen (secondary N) is 1. The molecule has 5 N–H and O–H groups in total. The zero-order valence-electron chi connectivity index (χ0n) is 22.3. The molecule has 2 amide bonds. The number of nitrogens with zero attached hydrogens (tertiary/aromatic N) is 1. The summed E-state index contributed by atoms with van der Waals surface area (Å²) in [5, 5.41) is 2.99. The number of unbranched alkanes of at least 4 members (excludes halogenated alkanes) is 13. The number of piperidine rings is 1. The fourth-order valence-corrected chi connectivity index (χ4v) is 4.97. The first kappa shape index (κ1) is 30.9. The van der Waals surface area contributed by atoms with Crippen molar-refractivity contribution in [3.05, 3.63) is 0 Å². The van der Waals surface area contributed by atoms with Crippen LogP contribution >= 0.6 is 0 Å². The predicted molar refractivity (Wildman–Crippen MR) is 144 cm³/mol. The zero-order valence-corrected chi connectivity index (χ0v) is 22.3. The van der Waals surface area contributed by atoms with Gasteiger partial charge in [-0.1, -0.05) is 90.4 Å². The molecule has 0 aliphatic carbocycles. The minimum Gasteiger partial charge on any atom is -0.353 e. The molecule has 1 rings (SSSR count). The molecule has 6 heteroatoms. The Morgan fingerprint density at radius 1 is 0.853 bits per heavy atom. The molecule has 200 valence electrons. The summed E-state index contributed by atoms with van der Waals surface area (Å²) >= 11 is 0. The van der Waals surface area contributed by atoms with E-state index in [0.717, 1.165) is 51.5 Å². The van der Waals surface area contributed by atoms with Gasteiger partial charge in [-0.15, -0.1) is 0 Å². The summed E-state index contributed by atoms with van der Waals surface area (Å²) < 4.78 is 0. The molecule has 1 heterocycles. The molecule has 0 spiro atoms. The molecule has 0 aromatic rings. The highest BCUT2D eigenvalue weighted by Crippen LogP contribution is 2.19. The molecule has 0 radical (unpaired) electrons. The monoisotopic (exact) mass is 480 g/mol. The van der Waals surface area contributed by atoms with E-state index in [4.69, 9.17) is 11.5 Å². The molecule has 1 aliphatic rings. The molecule has 34 heavy (non-hydrogen) atoms. The standard InChI is InChI=1S/C28H56N4O2/c1-2-3-4-5-6-7-8-9-10-11-12-13-14-21-27(33)32-23-18-16-19-25(32)24-31-28(34)26(30)20-15-17-22-29/h25-26H,2-24,29-30H2,1H3,(H,31,34). The smallest absolute Gasteiger partial charge is 0.236 e. The Morgan fingerprint density at radius 3 is 2.03 bits per heavy atom. The first-order valence-corrected chi connectivity index (χ1v) is 14.6. The molecular formula is C28H56N4O2. The Hall–Kier alpha value is -1.14. The molecule has 1 fully saturated rings. The van der Waals surface area contributed by atoms with Crippen LogP contribution in [-0.4, -0.2) is 48.4 Å². The number of hydrogen-bond acceptors (Lipinski definition) is 4. The van der Waals surface area contributed by atoms with Crippen molar-refractivity contribution in [1.82, 2.24) is 10.2 Å². The van der Waals surface area contributed by atoms with Crippen molar-refractivity contribution in [3.63, 3.8) is 0 Å². The van der Waals surface area contributed by atoms with Crippen LogP contribution < -0.4 is 16.8 Å². The van der Waals surface area contributed by atoms with Gasteiger partial charge >= 0.3 is 0 Å². The molecule has 0 bridgehead atoms. The summed E-state index contributed by atoms with van der Waals surface area (Å²) in [5.41, 5.74) is 11.5. The fraction of sp³-hybridized carbons (Fsp3) is 0.929. The lowest BCUT2D eigenvalue weighted by molar-refractivity contribution is -0.135. The summed E-state index contributed by atoms with van der Waals surface area (Å²) in [6, 6.07) is -0.367. The average Bonchev–Trinajstić information content (AvgIpc) is 2.85. The largest absolute Gasteiger partial charge is 0.353 e. The van der Waals surface area contributed by atoms with E-state index in [1.807, 2.05) is 4.90 Å². The first-order valence-electron chi connectivity index (χ1n) is 14.6. The van der Waals surface area contributed by atoms with Gasteiger partial charge in [0.15, 0.2) is 0 Å². The van der Waals surface area contributed by atoms with E-state index in [9.17, 15) is 9.59 Å². The molecule has 6 nitrogen and oxygen atoms in total. The average molecular weight is 481 g/mol. The van der Waals surface area contributed by atoms with Gasteiger partial charge in [-0.25, -0.2) is 0 Å². The van der Waals surface area contributed by atoms with E-state index in [-0.39, 0.29) is 17.9 Å². The predicted octanol–water partition coefficient (Wildman–Crippen LogP) is 5.42. The summed E-state index contributed by atoms with van der Waals surface area (Å²) in [4.78, 5) is 27.2. The minimum atomic E-state index is -0.481. The van der Waals surface area contributed by atoms with Crippen molar-refractivity contribution in [1.29, 1.82) is 0 Å². The van der Waals surface area contributed by atoms with Crippen LogP contribution in [0, 0.1) is 0 Å². The second kappa shape index (κ2) is 21.2. The van der Waals surface area contributed by atoms with Crippen molar-refractivity contribution in [2.45, 2.75) is 147 Å². The van der Waals surface area contributed by atoms with Crippen LogP contribution in [0.25, 0.3) is 0 Å². The van der Waals surface area contributed by atoms with Crippen LogP contribution in [0.15, 0.2) is 0 Å². The van der Waals surface area contributed by atoms with Crippen LogP contribution in [0.4, 0.5) is 0 Å². The quantitative estimate of drug-likeness (QED) is 0.191. The Morgan fingerprint density at radius 2 is 1.44 bits per heavy atom. The molecule has 1 aliphatic heterocycles. The lowest BCUT2D eigenvalue weighted by Gasteiger charge is -2.36. The molecular weight excluding hydrogens is 424 g/mol. The van der Waals surface area contributed by atoms with Gasteiger partial charge in [0.25, 0.3) is 0 Å². The van der Waals surface area contributed by atoms with Gasteiger partial charge in [0.1, 0.15) is 0 Å². The molecule has 0 aromatic heterocycles. The van der Waals surface area contributed by atoms with Crippen LogP contribution in [0.2, 0.25) is 0 Å². The Balaban J connectivity index is 2.11. The van der Waals surface area contributed by atoms with Crippen LogP contribution in [-0.2, 0) is 9.59 Å². The number of amides is 2. The third kappa shape index (κ3) is 15.0. The van der Waals surface area contributed by atoms with Crippen molar-refractivity contribution in [2.24, 2.45) is 11.5 Å². The van der Waals surface area contributed by atoms with E-state index in [1.54, 1.807) is 0 Å². The number of likely N-dealkylation sites (tertiary alicyclic amines) is 1. The third-order valence-corrected chi connectivity index (χ3v) is 7.26. The second-order valence-electron chi connectivity index (χ2n) is 10.4. The van der Waals surface area contributed by atoms with Gasteiger partial charge in [-0.3, -0.25) is 9.59 Å². The lowest BCUT2D eigenvalue weighted by atomic mass is 10.00. The Bertz CT molecular complexity index is 515. The number of rotatable bonds is 21. The van der Waals surface area contributed by atoms with E-state index in [2.05, 4.69) is 12.2 Å². The maximum atomic E-state index is 12.8. The number of carbonyl (C=O) groups is 2. The van der Waals surface area contributed by atoms with Crippen molar-refractivity contribution in [3.8, 4) is 0 Å². The van der Waals surface area contributed by atoms with Gasteiger partial charge < -0.3 is 21.7 Å². The lowest BCUT2D eigenvalue weighted by Crippen LogP contribution is -2.51. The van der Waals surface area contributed by atoms with E-state index in [0.29, 0.717) is 25.9 Å². The fourth-order valence-electron chi connectivity index (χ4n) is 4.97. The highest BCUT2D eigenvalue weighted by atomic mass is 16.2. The normalized spacial score (nSPS) is 17.0. The Labute approximate surface area is 210 Å². The highest BCUT2D eigenvalue weighted by Gasteiger charge is 2.27. The molecule has 1 saturated heterocycles. The summed E-state index contributed by atoms with van der Waals surface area (Å²) in [5.74, 6) is 0.153. The Kier molecular flexibility index (Phi) is 19.2. The van der Waals surface area contributed by atoms with Crippen LogP contribution in [0.1, 0.15) is 135 Å². The molecule has 0 saturated carbocycles. The number of carbonyl (C=O) groups excluding carboxylic acids is 2. The first-order chi connectivity index (χ1) is 16.6. The SMILES string of the molecule is CCCCCCCCCCCCCCCC(=O)N1CCCCC1CNC(=O)C(N)CCCCN. The van der Waals surface area contributed by atoms with Gasteiger partial charge in [0, 0.05) is 25.6 Å². The van der Waals surface area contributed by atoms with E-state index in [1.165, 1.54) is 70.6 Å². The molecule has 2 unspecified atom stereocenters. The minimum absolute atomic E-state index is 0.105. The second-order valence-corrected chi connectivity index (χ2v) is 10.4. The maximum absolute atomic E-state index is 12.8. The van der Waals surface area contributed by atoms with Gasteiger partial charge in [-0.05, 0) is 45.1 Å². The van der Waals surface area contributed by atoms with Crippen molar-refractivity contribution in [2.75, 3.05) is 19.6 Å². The van der Waals surface area contributed by atoms with E-state index < -0.39 is 6.04 Å². The zero-order chi connectivity index (χ0) is 24.9. The number of hydrogen-bond donors (Lipinski definition) is 3. The number of nitrogens with two attached hydrogens (primary N) is 2. The molecule has 2 atom stereocenters. The summed E-state index contributed by atoms with van der Waals surface area (Å²) in [6.07, 6.45) is 23.3. The van der Waals surface area contributed by atoms with Crippen LogP contribution in [0.5, 0.6) is 0 Å². The highest BCUT2D eigenvalue weighted by molar-refractivity contribution is 5.81. The maximum Gasteiger partial charge on any atom is 0.236 e. The van der Waals surface area contributed by atoms with Gasteiger partial charge in [0.05, 0.1) is 6.04 Å². The topological polar surface area (TPSA) is 101 Å². The van der Waals surface area contributed by atoms with Gasteiger partial charge in [-0.2, -0.15) is 0 Å². The summed E-state index contributed by atoms with van der Waals surface area (Å²) in [6.45, 7) is 4.24. The van der Waals surface area contributed by atoms with Crippen molar-refractivity contribution < 1.29 is 9.59 Å². The van der Waals surface area contributed by atoms with Gasteiger partial charge in [0.2, 0.25) is 11.8 Å². The third-order valence-electron chi connectivity index (χ3n) is 7.26. The van der Waals surface area contributed by atoms with Crippen molar-refractivity contribution >= 4 is 11.8 Å². The van der Waals surface area contributed by atoms with E-state index >= 15 is 0 Å².